The average molecular weight is 529 g/mol. The fraction of sp³-hybridized carbons (Fsp3) is 0.318. The molecule has 1 atom stereocenters. The lowest BCUT2D eigenvalue weighted by atomic mass is 10.2. The summed E-state index contributed by atoms with van der Waals surface area (Å²) in [5.41, 5.74) is 2.24. The molecule has 0 aromatic carbocycles. The third kappa shape index (κ3) is 4.24. The maximum absolute atomic E-state index is 13.6. The minimum Gasteiger partial charge on any atom is -0.358 e. The molecule has 11 nitrogen and oxygen atoms in total. The van der Waals surface area contributed by atoms with E-state index in [-0.39, 0.29) is 30.0 Å². The van der Waals surface area contributed by atoms with E-state index in [1.807, 2.05) is 17.9 Å². The van der Waals surface area contributed by atoms with Crippen molar-refractivity contribution in [2.75, 3.05) is 24.5 Å². The second-order valence-electron chi connectivity index (χ2n) is 8.61. The van der Waals surface area contributed by atoms with Crippen LogP contribution in [0.25, 0.3) is 33.8 Å². The highest BCUT2D eigenvalue weighted by Crippen LogP contribution is 2.42. The average Bonchev–Trinajstić information content (AvgIpc) is 3.60. The lowest BCUT2D eigenvalue weighted by Gasteiger charge is -2.40. The number of aromatic nitrogens is 8. The SMILES string of the molecule is C[C@@H]1CN(c2sc(C(F)(F)F)nc2-c2nc3cncnc3[nH]2)CCN1C(=O)Cn1cnc2cccnc21. The number of carbonyl (C=O) groups is 1. The van der Waals surface area contributed by atoms with Crippen molar-refractivity contribution in [2.45, 2.75) is 25.7 Å². The molecule has 0 bridgehead atoms. The first kappa shape index (κ1) is 23.3. The number of fused-ring (bicyclic) bond motifs is 2. The molecule has 0 radical (unpaired) electrons. The van der Waals surface area contributed by atoms with E-state index in [2.05, 4.69) is 34.9 Å². The Balaban J connectivity index is 1.25. The van der Waals surface area contributed by atoms with Gasteiger partial charge in [0.15, 0.2) is 17.1 Å². The van der Waals surface area contributed by atoms with Gasteiger partial charge in [0.25, 0.3) is 0 Å². The van der Waals surface area contributed by atoms with E-state index < -0.39 is 11.2 Å². The number of hydrogen-bond donors (Lipinski definition) is 1. The van der Waals surface area contributed by atoms with Crippen molar-refractivity contribution in [3.63, 3.8) is 0 Å². The number of alkyl halides is 3. The largest absolute Gasteiger partial charge is 0.443 e. The number of anilines is 1. The maximum atomic E-state index is 13.6. The maximum Gasteiger partial charge on any atom is 0.443 e. The minimum absolute atomic E-state index is 0.0713. The molecular weight excluding hydrogens is 509 g/mol. The van der Waals surface area contributed by atoms with Gasteiger partial charge < -0.3 is 19.4 Å². The van der Waals surface area contributed by atoms with Crippen molar-refractivity contribution in [1.29, 1.82) is 0 Å². The van der Waals surface area contributed by atoms with Crippen molar-refractivity contribution in [3.05, 3.63) is 42.2 Å². The number of H-pyrrole nitrogens is 1. The Hall–Kier alpha value is -4.14. The molecule has 1 N–H and O–H groups in total. The second kappa shape index (κ2) is 8.76. The molecule has 1 saturated heterocycles. The zero-order valence-corrected chi connectivity index (χ0v) is 20.2. The number of carbonyl (C=O) groups excluding carboxylic acids is 1. The molecule has 0 aliphatic carbocycles. The fourth-order valence-corrected chi connectivity index (χ4v) is 5.41. The molecule has 6 rings (SSSR count). The summed E-state index contributed by atoms with van der Waals surface area (Å²) in [5, 5.41) is -0.627. The summed E-state index contributed by atoms with van der Waals surface area (Å²) in [6.07, 6.45) is 1.42. The first-order valence-corrected chi connectivity index (χ1v) is 12.1. The zero-order chi connectivity index (χ0) is 25.7. The van der Waals surface area contributed by atoms with E-state index in [0.717, 1.165) is 0 Å². The van der Waals surface area contributed by atoms with Crippen molar-refractivity contribution in [1.82, 2.24) is 44.4 Å². The van der Waals surface area contributed by atoms with Crippen molar-refractivity contribution < 1.29 is 18.0 Å². The van der Waals surface area contributed by atoms with Gasteiger partial charge in [0.2, 0.25) is 10.9 Å². The summed E-state index contributed by atoms with van der Waals surface area (Å²) >= 11 is 0.564. The number of imidazole rings is 2. The Bertz CT molecular complexity index is 1580. The summed E-state index contributed by atoms with van der Waals surface area (Å²) in [4.78, 5) is 44.4. The van der Waals surface area contributed by atoms with Gasteiger partial charge in [-0.3, -0.25) is 4.79 Å². The highest BCUT2D eigenvalue weighted by molar-refractivity contribution is 7.16. The summed E-state index contributed by atoms with van der Waals surface area (Å²) < 4.78 is 42.5. The number of aromatic amines is 1. The van der Waals surface area contributed by atoms with E-state index in [1.54, 1.807) is 28.1 Å². The third-order valence-corrected chi connectivity index (χ3v) is 7.31. The molecule has 0 unspecified atom stereocenters. The summed E-state index contributed by atoms with van der Waals surface area (Å²) in [6, 6.07) is 3.34. The van der Waals surface area contributed by atoms with E-state index >= 15 is 0 Å². The number of amides is 1. The summed E-state index contributed by atoms with van der Waals surface area (Å²) in [7, 11) is 0. The van der Waals surface area contributed by atoms with Crippen LogP contribution in [0.5, 0.6) is 0 Å². The lowest BCUT2D eigenvalue weighted by Crippen LogP contribution is -2.54. The Morgan fingerprint density at radius 3 is 2.84 bits per heavy atom. The predicted molar refractivity (Wildman–Crippen MR) is 129 cm³/mol. The molecular formula is C22H19F3N10OS. The lowest BCUT2D eigenvalue weighted by molar-refractivity contribution is -0.137. The van der Waals surface area contributed by atoms with Crippen LogP contribution in [-0.4, -0.2) is 75.9 Å². The van der Waals surface area contributed by atoms with Gasteiger partial charge in [-0.2, -0.15) is 13.2 Å². The zero-order valence-electron chi connectivity index (χ0n) is 19.3. The quantitative estimate of drug-likeness (QED) is 0.378. The van der Waals surface area contributed by atoms with Gasteiger partial charge in [-0.15, -0.1) is 0 Å². The van der Waals surface area contributed by atoms with Gasteiger partial charge >= 0.3 is 6.18 Å². The molecule has 1 fully saturated rings. The van der Waals surface area contributed by atoms with Crippen LogP contribution < -0.4 is 4.90 Å². The summed E-state index contributed by atoms with van der Waals surface area (Å²) in [6.45, 7) is 2.95. The van der Waals surface area contributed by atoms with Crippen LogP contribution in [0.15, 0.2) is 37.2 Å². The molecule has 6 heterocycles. The van der Waals surface area contributed by atoms with Crippen molar-refractivity contribution in [3.8, 4) is 11.5 Å². The van der Waals surface area contributed by atoms with Gasteiger partial charge in [0, 0.05) is 31.9 Å². The number of nitrogens with zero attached hydrogens (tertiary/aromatic N) is 9. The Morgan fingerprint density at radius 1 is 1.19 bits per heavy atom. The van der Waals surface area contributed by atoms with E-state index in [4.69, 9.17) is 0 Å². The molecule has 15 heteroatoms. The molecule has 190 valence electrons. The molecule has 0 saturated carbocycles. The Labute approximate surface area is 211 Å². The number of piperazine rings is 1. The normalized spacial score (nSPS) is 16.7. The molecule has 0 spiro atoms. The second-order valence-corrected chi connectivity index (χ2v) is 9.59. The highest BCUT2D eigenvalue weighted by Gasteiger charge is 2.39. The van der Waals surface area contributed by atoms with Crippen LogP contribution in [-0.2, 0) is 17.5 Å². The fourth-order valence-electron chi connectivity index (χ4n) is 4.44. The number of hydrogen-bond acceptors (Lipinski definition) is 9. The van der Waals surface area contributed by atoms with E-state index in [0.29, 0.717) is 58.3 Å². The number of nitrogens with one attached hydrogen (secondary N) is 1. The highest BCUT2D eigenvalue weighted by atomic mass is 32.1. The molecule has 1 aliphatic rings. The van der Waals surface area contributed by atoms with E-state index in [1.165, 1.54) is 12.5 Å². The Morgan fingerprint density at radius 2 is 2.05 bits per heavy atom. The number of rotatable bonds is 4. The predicted octanol–water partition coefficient (Wildman–Crippen LogP) is 2.98. The van der Waals surface area contributed by atoms with Crippen LogP contribution in [0.3, 0.4) is 0 Å². The van der Waals surface area contributed by atoms with Gasteiger partial charge in [0.05, 0.1) is 12.5 Å². The van der Waals surface area contributed by atoms with Crippen LogP contribution in [0.2, 0.25) is 0 Å². The Kier molecular flexibility index (Phi) is 5.51. The first-order valence-electron chi connectivity index (χ1n) is 11.3. The standard InChI is InChI=1S/C22H19F3N10OS/c1-12-8-33(5-6-35(12)15(36)9-34-11-29-13-3-2-4-27-19(13)34)20-16(31-21(37-20)22(23,24)25)18-30-14-7-26-10-28-17(14)32-18/h2-4,7,10-12H,5-6,8-9H2,1H3,(H,26,28,30,32)/t12-/m1/s1. The van der Waals surface area contributed by atoms with Gasteiger partial charge in [-0.1, -0.05) is 11.3 Å². The number of thiazole rings is 1. The number of halogens is 3. The molecule has 37 heavy (non-hydrogen) atoms. The third-order valence-electron chi connectivity index (χ3n) is 6.15. The van der Waals surface area contributed by atoms with Gasteiger partial charge in [-0.05, 0) is 19.1 Å². The summed E-state index contributed by atoms with van der Waals surface area (Å²) in [5.74, 6) is 0.0661. The van der Waals surface area contributed by atoms with Crippen LogP contribution >= 0.6 is 11.3 Å². The van der Waals surface area contributed by atoms with Crippen molar-refractivity contribution >= 4 is 44.6 Å². The van der Waals surface area contributed by atoms with Crippen LogP contribution in [0, 0.1) is 0 Å². The minimum atomic E-state index is -4.60. The monoisotopic (exact) mass is 528 g/mol. The first-order chi connectivity index (χ1) is 17.8. The van der Waals surface area contributed by atoms with E-state index in [9.17, 15) is 18.0 Å². The smallest absolute Gasteiger partial charge is 0.358 e. The molecule has 1 amide bonds. The van der Waals surface area contributed by atoms with Gasteiger partial charge in [0.1, 0.15) is 34.6 Å². The van der Waals surface area contributed by atoms with Crippen LogP contribution in [0.1, 0.15) is 11.9 Å². The van der Waals surface area contributed by atoms with Crippen molar-refractivity contribution in [2.24, 2.45) is 0 Å². The molecule has 5 aromatic heterocycles. The van der Waals surface area contributed by atoms with Gasteiger partial charge in [-0.25, -0.2) is 29.9 Å². The number of pyridine rings is 1. The molecule has 1 aliphatic heterocycles. The topological polar surface area (TPSA) is 122 Å². The van der Waals surface area contributed by atoms with Crippen LogP contribution in [0.4, 0.5) is 18.2 Å². The molecule has 5 aromatic rings.